The van der Waals surface area contributed by atoms with Crippen molar-refractivity contribution in [2.45, 2.75) is 19.9 Å². The Hall–Kier alpha value is -1.88. The van der Waals surface area contributed by atoms with E-state index in [1.54, 1.807) is 0 Å². The first-order valence-electron chi connectivity index (χ1n) is 8.99. The predicted molar refractivity (Wildman–Crippen MR) is 101 cm³/mol. The molecule has 1 saturated heterocycles. The highest BCUT2D eigenvalue weighted by Crippen LogP contribution is 2.39. The van der Waals surface area contributed by atoms with Gasteiger partial charge in [0.25, 0.3) is 0 Å². The fourth-order valence-electron chi connectivity index (χ4n) is 3.53. The molecule has 134 valence electrons. The van der Waals surface area contributed by atoms with Gasteiger partial charge in [-0.3, -0.25) is 4.90 Å². The number of hydrogen-bond donors (Lipinski definition) is 2. The molecule has 4 nitrogen and oxygen atoms in total. The fourth-order valence-corrected chi connectivity index (χ4v) is 3.53. The maximum atomic E-state index is 9.94. The largest absolute Gasteiger partial charge is 0.457 e. The van der Waals surface area contributed by atoms with Crippen LogP contribution in [0.2, 0.25) is 0 Å². The van der Waals surface area contributed by atoms with Crippen molar-refractivity contribution in [2.75, 3.05) is 32.8 Å². The van der Waals surface area contributed by atoms with Crippen LogP contribution in [0, 0.1) is 5.41 Å². The SMILES string of the molecule is CC(C)(CO)[C@@H](c1ccc(Oc2ccccc2)cc1)N1CCNCC1. The number of ether oxygens (including phenoxy) is 1. The summed E-state index contributed by atoms with van der Waals surface area (Å²) in [4.78, 5) is 2.47. The summed E-state index contributed by atoms with van der Waals surface area (Å²) >= 11 is 0. The standard InChI is InChI=1S/C21H28N2O2/c1-21(2,16-24)20(23-14-12-22-13-15-23)17-8-10-19(11-9-17)25-18-6-4-3-5-7-18/h3-11,20,22,24H,12-16H2,1-2H3/t20-/m1/s1. The Morgan fingerprint density at radius 2 is 1.60 bits per heavy atom. The number of aliphatic hydroxyl groups excluding tert-OH is 1. The van der Waals surface area contributed by atoms with E-state index in [0.29, 0.717) is 0 Å². The second-order valence-electron chi connectivity index (χ2n) is 7.32. The van der Waals surface area contributed by atoms with Crippen LogP contribution in [0.3, 0.4) is 0 Å². The molecule has 0 radical (unpaired) electrons. The van der Waals surface area contributed by atoms with Gasteiger partial charge in [0.1, 0.15) is 11.5 Å². The van der Waals surface area contributed by atoms with Crippen molar-refractivity contribution in [1.82, 2.24) is 10.2 Å². The fraction of sp³-hybridized carbons (Fsp3) is 0.429. The molecule has 1 aliphatic heterocycles. The van der Waals surface area contributed by atoms with E-state index in [2.05, 4.69) is 36.2 Å². The Kier molecular flexibility index (Phi) is 5.74. The maximum Gasteiger partial charge on any atom is 0.127 e. The Morgan fingerprint density at radius 3 is 2.20 bits per heavy atom. The molecule has 0 bridgehead atoms. The van der Waals surface area contributed by atoms with E-state index in [9.17, 15) is 5.11 Å². The van der Waals surface area contributed by atoms with Crippen molar-refractivity contribution in [3.63, 3.8) is 0 Å². The van der Waals surface area contributed by atoms with Crippen LogP contribution >= 0.6 is 0 Å². The molecule has 1 aliphatic rings. The second kappa shape index (κ2) is 8.00. The summed E-state index contributed by atoms with van der Waals surface area (Å²) in [6.45, 7) is 8.40. The zero-order valence-electron chi connectivity index (χ0n) is 15.1. The first kappa shape index (κ1) is 17.9. The van der Waals surface area contributed by atoms with Crippen molar-refractivity contribution in [2.24, 2.45) is 5.41 Å². The van der Waals surface area contributed by atoms with Crippen molar-refractivity contribution < 1.29 is 9.84 Å². The lowest BCUT2D eigenvalue weighted by Gasteiger charge is -2.43. The number of piperazine rings is 1. The summed E-state index contributed by atoms with van der Waals surface area (Å²) in [5, 5.41) is 13.3. The molecule has 0 unspecified atom stereocenters. The van der Waals surface area contributed by atoms with E-state index < -0.39 is 0 Å². The monoisotopic (exact) mass is 340 g/mol. The molecular formula is C21H28N2O2. The van der Waals surface area contributed by atoms with E-state index in [4.69, 9.17) is 4.74 Å². The predicted octanol–water partition coefficient (Wildman–Crippen LogP) is 3.44. The van der Waals surface area contributed by atoms with Crippen molar-refractivity contribution in [3.05, 3.63) is 60.2 Å². The second-order valence-corrected chi connectivity index (χ2v) is 7.32. The van der Waals surface area contributed by atoms with Crippen LogP contribution in [0.4, 0.5) is 0 Å². The number of hydrogen-bond acceptors (Lipinski definition) is 4. The van der Waals surface area contributed by atoms with Crippen LogP contribution in [0.15, 0.2) is 54.6 Å². The summed E-state index contributed by atoms with van der Waals surface area (Å²) in [5.41, 5.74) is 1.01. The summed E-state index contributed by atoms with van der Waals surface area (Å²) in [6, 6.07) is 18.3. The Balaban J connectivity index is 1.81. The number of aliphatic hydroxyl groups is 1. The van der Waals surface area contributed by atoms with Crippen LogP contribution in [0.1, 0.15) is 25.5 Å². The minimum atomic E-state index is -0.209. The van der Waals surface area contributed by atoms with Gasteiger partial charge in [-0.25, -0.2) is 0 Å². The summed E-state index contributed by atoms with van der Waals surface area (Å²) in [5.74, 6) is 1.67. The number of benzene rings is 2. The van der Waals surface area contributed by atoms with Crippen LogP contribution in [-0.2, 0) is 0 Å². The van der Waals surface area contributed by atoms with Crippen LogP contribution in [0.5, 0.6) is 11.5 Å². The molecular weight excluding hydrogens is 312 g/mol. The Bertz CT molecular complexity index is 649. The van der Waals surface area contributed by atoms with Gasteiger partial charge < -0.3 is 15.2 Å². The quantitative estimate of drug-likeness (QED) is 0.845. The smallest absolute Gasteiger partial charge is 0.127 e. The summed E-state index contributed by atoms with van der Waals surface area (Å²) < 4.78 is 5.90. The normalized spacial score (nSPS) is 17.2. The van der Waals surface area contributed by atoms with E-state index in [1.807, 2.05) is 42.5 Å². The highest BCUT2D eigenvalue weighted by atomic mass is 16.5. The van der Waals surface area contributed by atoms with Gasteiger partial charge in [0.15, 0.2) is 0 Å². The minimum Gasteiger partial charge on any atom is -0.457 e. The topological polar surface area (TPSA) is 44.7 Å². The maximum absolute atomic E-state index is 9.94. The van der Waals surface area contributed by atoms with Gasteiger partial charge in [-0.05, 0) is 29.8 Å². The van der Waals surface area contributed by atoms with Crippen LogP contribution in [-0.4, -0.2) is 42.8 Å². The lowest BCUT2D eigenvalue weighted by Crippen LogP contribution is -2.49. The number of para-hydroxylation sites is 1. The van der Waals surface area contributed by atoms with Gasteiger partial charge in [-0.15, -0.1) is 0 Å². The lowest BCUT2D eigenvalue weighted by atomic mass is 9.79. The third-order valence-electron chi connectivity index (χ3n) is 4.84. The molecule has 0 amide bonds. The molecule has 2 N–H and O–H groups in total. The zero-order chi connectivity index (χ0) is 17.7. The molecule has 2 aromatic carbocycles. The van der Waals surface area contributed by atoms with Crippen molar-refractivity contribution in [3.8, 4) is 11.5 Å². The first-order valence-corrected chi connectivity index (χ1v) is 8.99. The highest BCUT2D eigenvalue weighted by molar-refractivity contribution is 5.34. The third-order valence-corrected chi connectivity index (χ3v) is 4.84. The molecule has 1 fully saturated rings. The van der Waals surface area contributed by atoms with Crippen LogP contribution < -0.4 is 10.1 Å². The molecule has 4 heteroatoms. The molecule has 3 rings (SSSR count). The van der Waals surface area contributed by atoms with E-state index in [0.717, 1.165) is 37.7 Å². The number of nitrogens with one attached hydrogen (secondary N) is 1. The van der Waals surface area contributed by atoms with Gasteiger partial charge in [0, 0.05) is 44.2 Å². The zero-order valence-corrected chi connectivity index (χ0v) is 15.1. The first-order chi connectivity index (χ1) is 12.1. The van der Waals surface area contributed by atoms with E-state index in [-0.39, 0.29) is 18.1 Å². The van der Waals surface area contributed by atoms with Gasteiger partial charge >= 0.3 is 0 Å². The summed E-state index contributed by atoms with van der Waals surface area (Å²) in [7, 11) is 0. The van der Waals surface area contributed by atoms with Gasteiger partial charge in [-0.1, -0.05) is 44.2 Å². The number of nitrogens with zero attached hydrogens (tertiary/aromatic N) is 1. The molecule has 1 heterocycles. The number of rotatable bonds is 6. The van der Waals surface area contributed by atoms with E-state index >= 15 is 0 Å². The average molecular weight is 340 g/mol. The van der Waals surface area contributed by atoms with E-state index in [1.165, 1.54) is 5.56 Å². The molecule has 25 heavy (non-hydrogen) atoms. The third kappa shape index (κ3) is 4.40. The Labute approximate surface area is 150 Å². The summed E-state index contributed by atoms with van der Waals surface area (Å²) in [6.07, 6.45) is 0. The molecule has 0 spiro atoms. The lowest BCUT2D eigenvalue weighted by molar-refractivity contribution is 0.0305. The molecule has 0 aromatic heterocycles. The minimum absolute atomic E-state index is 0.157. The van der Waals surface area contributed by atoms with Crippen molar-refractivity contribution >= 4 is 0 Å². The molecule has 1 atom stereocenters. The molecule has 0 aliphatic carbocycles. The van der Waals surface area contributed by atoms with Crippen molar-refractivity contribution in [1.29, 1.82) is 0 Å². The van der Waals surface area contributed by atoms with Gasteiger partial charge in [0.05, 0.1) is 0 Å². The van der Waals surface area contributed by atoms with Gasteiger partial charge in [-0.2, -0.15) is 0 Å². The molecule has 2 aromatic rings. The van der Waals surface area contributed by atoms with Gasteiger partial charge in [0.2, 0.25) is 0 Å². The average Bonchev–Trinajstić information content (AvgIpc) is 2.65. The Morgan fingerprint density at radius 1 is 1.00 bits per heavy atom. The van der Waals surface area contributed by atoms with Crippen LogP contribution in [0.25, 0.3) is 0 Å². The molecule has 0 saturated carbocycles. The highest BCUT2D eigenvalue weighted by Gasteiger charge is 2.35.